The number of carbonyl (C=O) groups is 2. The molecule has 0 aliphatic carbocycles. The summed E-state index contributed by atoms with van der Waals surface area (Å²) in [5, 5.41) is 0. The Balaban J connectivity index is 1.34. The first-order valence-electron chi connectivity index (χ1n) is 14.9. The highest BCUT2D eigenvalue weighted by atomic mass is 32.2. The van der Waals surface area contributed by atoms with Crippen LogP contribution in [0.5, 0.6) is 0 Å². The number of hydrogen-bond acceptors (Lipinski definition) is 14. The van der Waals surface area contributed by atoms with Crippen LogP contribution in [0.3, 0.4) is 0 Å². The molecule has 252 valence electrons. The van der Waals surface area contributed by atoms with Crippen molar-refractivity contribution in [3.63, 3.8) is 0 Å². The fourth-order valence-corrected chi connectivity index (χ4v) is 19.1. The van der Waals surface area contributed by atoms with Gasteiger partial charge in [-0.3, -0.25) is 0 Å². The van der Waals surface area contributed by atoms with Gasteiger partial charge >= 0.3 is 11.9 Å². The van der Waals surface area contributed by atoms with Crippen LogP contribution in [0.2, 0.25) is 0 Å². The lowest BCUT2D eigenvalue weighted by Gasteiger charge is -2.42. The van der Waals surface area contributed by atoms with E-state index in [-0.39, 0.29) is 33.6 Å². The van der Waals surface area contributed by atoms with Gasteiger partial charge in [-0.25, -0.2) is 9.59 Å². The van der Waals surface area contributed by atoms with Crippen molar-refractivity contribution in [3.8, 4) is 0 Å². The molecule has 4 nitrogen and oxygen atoms in total. The highest BCUT2D eigenvalue weighted by Crippen LogP contribution is 2.47. The predicted octanol–water partition coefficient (Wildman–Crippen LogP) is 8.50. The molecule has 14 heteroatoms. The number of carbonyl (C=O) groups excluding carboxylic acids is 2. The topological polar surface area (TPSA) is 52.6 Å². The maximum atomic E-state index is 12.0. The molecular weight excluding hydrogens is 745 g/mol. The van der Waals surface area contributed by atoms with E-state index in [1.807, 2.05) is 47.0 Å². The van der Waals surface area contributed by atoms with Crippen molar-refractivity contribution in [2.75, 3.05) is 80.5 Å². The monoisotopic (exact) mass is 792 g/mol. The van der Waals surface area contributed by atoms with E-state index in [4.69, 9.17) is 9.47 Å². The van der Waals surface area contributed by atoms with Gasteiger partial charge in [0.15, 0.2) is 0 Å². The summed E-state index contributed by atoms with van der Waals surface area (Å²) in [4.78, 5) is 23.9. The van der Waals surface area contributed by atoms with Crippen LogP contribution in [0.1, 0.15) is 26.7 Å². The van der Waals surface area contributed by atoms with E-state index in [2.05, 4.69) is 97.6 Å². The molecule has 0 spiro atoms. The van der Waals surface area contributed by atoms with E-state index < -0.39 is 0 Å². The van der Waals surface area contributed by atoms with Gasteiger partial charge in [0.05, 0.1) is 9.16 Å². The van der Waals surface area contributed by atoms with Gasteiger partial charge in [-0.2, -0.15) is 70.6 Å². The fourth-order valence-electron chi connectivity index (χ4n) is 4.31. The van der Waals surface area contributed by atoms with Crippen molar-refractivity contribution < 1.29 is 19.1 Å². The molecule has 0 aromatic rings. The van der Waals surface area contributed by atoms with Gasteiger partial charge in [-0.15, -0.1) is 47.0 Å². The van der Waals surface area contributed by atoms with Crippen molar-refractivity contribution in [1.82, 2.24) is 0 Å². The highest BCUT2D eigenvalue weighted by molar-refractivity contribution is 8.20. The zero-order valence-electron chi connectivity index (χ0n) is 25.9. The molecular formula is C30H48O4S10. The first-order chi connectivity index (χ1) is 21.2. The van der Waals surface area contributed by atoms with Crippen LogP contribution in [0.4, 0.5) is 0 Å². The second kappa shape index (κ2) is 22.6. The molecule has 0 bridgehead atoms. The van der Waals surface area contributed by atoms with E-state index in [0.717, 1.165) is 66.7 Å². The smallest absolute Gasteiger partial charge is 0.330 e. The van der Waals surface area contributed by atoms with Crippen molar-refractivity contribution >= 4 is 130 Å². The largest absolute Gasteiger partial charge is 0.457 e. The molecule has 3 saturated heterocycles. The SMILES string of the molecule is C=CC(=O)OC(CSCCC1SCCS1)CSCC1(C)CSC(C)(CSCC(CSCCC2SCCS2)OC(=O)C=C)CS1. The lowest BCUT2D eigenvalue weighted by Crippen LogP contribution is -2.42. The van der Waals surface area contributed by atoms with Crippen LogP contribution in [-0.4, -0.2) is 123 Å². The molecule has 0 N–H and O–H groups in total. The Labute approximate surface area is 309 Å². The Bertz CT molecular complexity index is 804. The Morgan fingerprint density at radius 2 is 1.07 bits per heavy atom. The minimum absolute atomic E-state index is 0.0762. The summed E-state index contributed by atoms with van der Waals surface area (Å²) in [5.74, 6) is 14.4. The third-order valence-corrected chi connectivity index (χ3v) is 22.5. The Morgan fingerprint density at radius 1 is 0.705 bits per heavy atom. The average molecular weight is 793 g/mol. The first kappa shape index (κ1) is 40.4. The Hall–Kier alpha value is 1.92. The van der Waals surface area contributed by atoms with E-state index in [1.54, 1.807) is 0 Å². The van der Waals surface area contributed by atoms with Gasteiger partial charge in [0.1, 0.15) is 12.2 Å². The first-order valence-corrected chi connectivity index (χ1v) is 25.7. The minimum atomic E-state index is -0.317. The Morgan fingerprint density at radius 3 is 1.41 bits per heavy atom. The Kier molecular flexibility index (Phi) is 20.7. The lowest BCUT2D eigenvalue weighted by atomic mass is 10.2. The molecule has 0 aromatic carbocycles. The summed E-state index contributed by atoms with van der Waals surface area (Å²) < 4.78 is 13.3. The van der Waals surface area contributed by atoms with Crippen LogP contribution in [-0.2, 0) is 19.1 Å². The zero-order chi connectivity index (χ0) is 31.7. The standard InChI is InChI=1S/C30H48O4S10/c1-5-25(31)33-23(15-35-9-7-27-39-11-12-40-27)17-37-19-29(3)21-44-30(4,22-43-29)20-38-18-24(34-26(32)6-2)16-36-10-8-28-41-13-14-42-28/h5-6,23-24,27-28H,1-2,7-22H2,3-4H3. The zero-order valence-corrected chi connectivity index (χ0v) is 34.1. The minimum Gasteiger partial charge on any atom is -0.457 e. The summed E-state index contributed by atoms with van der Waals surface area (Å²) in [5.41, 5.74) is 0. The van der Waals surface area contributed by atoms with Crippen LogP contribution in [0.25, 0.3) is 0 Å². The lowest BCUT2D eigenvalue weighted by molar-refractivity contribution is -0.141. The quantitative estimate of drug-likeness (QED) is 0.0599. The number of rotatable bonds is 22. The number of ether oxygens (including phenoxy) is 2. The van der Waals surface area contributed by atoms with Crippen LogP contribution in [0, 0.1) is 0 Å². The third-order valence-electron chi connectivity index (χ3n) is 6.76. The summed E-state index contributed by atoms with van der Waals surface area (Å²) in [6, 6.07) is 0. The molecule has 3 fully saturated rings. The molecule has 0 saturated carbocycles. The van der Waals surface area contributed by atoms with Gasteiger partial charge < -0.3 is 9.47 Å². The summed E-state index contributed by atoms with van der Waals surface area (Å²) in [6.45, 7) is 11.9. The summed E-state index contributed by atoms with van der Waals surface area (Å²) in [6.07, 6.45) is 4.85. The van der Waals surface area contributed by atoms with Gasteiger partial charge in [0.2, 0.25) is 0 Å². The van der Waals surface area contributed by atoms with E-state index in [0.29, 0.717) is 0 Å². The van der Waals surface area contributed by atoms with Crippen LogP contribution < -0.4 is 0 Å². The van der Waals surface area contributed by atoms with Gasteiger partial charge in [-0.1, -0.05) is 13.2 Å². The molecule has 0 amide bonds. The second-order valence-corrected chi connectivity index (χ2v) is 24.4. The third kappa shape index (κ3) is 16.5. The van der Waals surface area contributed by atoms with Crippen molar-refractivity contribution in [3.05, 3.63) is 25.3 Å². The highest BCUT2D eigenvalue weighted by Gasteiger charge is 2.39. The second-order valence-electron chi connectivity index (χ2n) is 11.1. The summed E-state index contributed by atoms with van der Waals surface area (Å²) in [7, 11) is 0. The summed E-state index contributed by atoms with van der Waals surface area (Å²) >= 11 is 20.1. The predicted molar refractivity (Wildman–Crippen MR) is 218 cm³/mol. The maximum Gasteiger partial charge on any atom is 0.330 e. The molecule has 3 heterocycles. The number of esters is 2. The number of thioether (sulfide) groups is 10. The molecule has 44 heavy (non-hydrogen) atoms. The molecule has 3 aliphatic heterocycles. The molecule has 0 radical (unpaired) electrons. The van der Waals surface area contributed by atoms with E-state index in [9.17, 15) is 9.59 Å². The van der Waals surface area contributed by atoms with Gasteiger partial charge in [0.25, 0.3) is 0 Å². The fraction of sp³-hybridized carbons (Fsp3) is 0.800. The maximum absolute atomic E-state index is 12.0. The van der Waals surface area contributed by atoms with Gasteiger partial charge in [-0.05, 0) is 38.2 Å². The van der Waals surface area contributed by atoms with Crippen LogP contribution in [0.15, 0.2) is 25.3 Å². The molecule has 4 atom stereocenters. The normalized spacial score (nSPS) is 25.9. The van der Waals surface area contributed by atoms with E-state index >= 15 is 0 Å². The molecule has 3 aliphatic rings. The number of hydrogen-bond donors (Lipinski definition) is 0. The molecule has 0 aromatic heterocycles. The van der Waals surface area contributed by atoms with Crippen molar-refractivity contribution in [1.29, 1.82) is 0 Å². The van der Waals surface area contributed by atoms with Crippen LogP contribution >= 0.6 is 118 Å². The molecule has 3 rings (SSSR count). The van der Waals surface area contributed by atoms with E-state index in [1.165, 1.54) is 48.0 Å². The van der Waals surface area contributed by atoms with Crippen molar-refractivity contribution in [2.24, 2.45) is 0 Å². The average Bonchev–Trinajstić information content (AvgIpc) is 3.74. The molecule has 4 unspecified atom stereocenters. The van der Waals surface area contributed by atoms with Crippen molar-refractivity contribution in [2.45, 2.75) is 57.6 Å². The van der Waals surface area contributed by atoms with Gasteiger partial charge in [0, 0.05) is 90.7 Å².